The first-order valence-electron chi connectivity index (χ1n) is 9.74. The summed E-state index contributed by atoms with van der Waals surface area (Å²) in [5.41, 5.74) is 2.73. The van der Waals surface area contributed by atoms with Crippen molar-refractivity contribution in [3.63, 3.8) is 0 Å². The second-order valence-electron chi connectivity index (χ2n) is 7.03. The van der Waals surface area contributed by atoms with E-state index in [1.54, 1.807) is 54.4 Å². The number of benzene rings is 3. The Balaban J connectivity index is 1.50. The highest BCUT2D eigenvalue weighted by atomic mass is 19.1. The summed E-state index contributed by atoms with van der Waals surface area (Å²) in [6.07, 6.45) is 1.36. The van der Waals surface area contributed by atoms with Gasteiger partial charge in [-0.15, -0.1) is 0 Å². The summed E-state index contributed by atoms with van der Waals surface area (Å²) in [6.45, 7) is 0.508. The van der Waals surface area contributed by atoms with E-state index in [1.165, 1.54) is 18.5 Å². The molecule has 1 amide bonds. The molecule has 4 rings (SSSR count). The molecule has 4 aromatic rings. The van der Waals surface area contributed by atoms with E-state index in [-0.39, 0.29) is 11.7 Å². The van der Waals surface area contributed by atoms with Crippen LogP contribution in [0.1, 0.15) is 15.9 Å². The van der Waals surface area contributed by atoms with Gasteiger partial charge in [-0.3, -0.25) is 4.79 Å². The molecule has 0 fully saturated rings. The Labute approximate surface area is 179 Å². The number of nitrogens with zero attached hydrogens (tertiary/aromatic N) is 3. The number of hydrogen-bond acceptors (Lipinski definition) is 4. The van der Waals surface area contributed by atoms with Gasteiger partial charge in [0.05, 0.1) is 5.69 Å². The standard InChI is InChI=1S/C25H20FN3O2/c1-29(16-18-7-3-2-4-8-18)25(30)20-10-6-12-22(14-20)31-24-15-23(27-17-28-24)19-9-5-11-21(26)13-19/h2-15,17H,16H2,1H3. The maximum absolute atomic E-state index is 13.5. The van der Waals surface area contributed by atoms with Crippen LogP contribution in [0.25, 0.3) is 11.3 Å². The number of carbonyl (C=O) groups excluding carboxylic acids is 1. The van der Waals surface area contributed by atoms with Crippen LogP contribution < -0.4 is 4.74 Å². The van der Waals surface area contributed by atoms with Gasteiger partial charge in [0, 0.05) is 30.8 Å². The minimum absolute atomic E-state index is 0.113. The third-order valence-corrected chi connectivity index (χ3v) is 4.68. The lowest BCUT2D eigenvalue weighted by molar-refractivity contribution is 0.0784. The molecule has 1 aromatic heterocycles. The normalized spacial score (nSPS) is 10.5. The first-order valence-corrected chi connectivity index (χ1v) is 9.74. The van der Waals surface area contributed by atoms with Crippen LogP contribution >= 0.6 is 0 Å². The van der Waals surface area contributed by atoms with Crippen LogP contribution in [0.3, 0.4) is 0 Å². The molecule has 0 bridgehead atoms. The topological polar surface area (TPSA) is 55.3 Å². The highest BCUT2D eigenvalue weighted by Crippen LogP contribution is 2.25. The lowest BCUT2D eigenvalue weighted by Crippen LogP contribution is -2.26. The van der Waals surface area contributed by atoms with Gasteiger partial charge in [-0.25, -0.2) is 14.4 Å². The maximum Gasteiger partial charge on any atom is 0.254 e. The molecule has 0 aliphatic carbocycles. The zero-order chi connectivity index (χ0) is 21.6. The summed E-state index contributed by atoms with van der Waals surface area (Å²) < 4.78 is 19.4. The fourth-order valence-corrected chi connectivity index (χ4v) is 3.16. The highest BCUT2D eigenvalue weighted by molar-refractivity contribution is 5.94. The first kappa shape index (κ1) is 20.2. The molecule has 5 nitrogen and oxygen atoms in total. The van der Waals surface area contributed by atoms with E-state index in [2.05, 4.69) is 9.97 Å². The van der Waals surface area contributed by atoms with Crippen molar-refractivity contribution in [2.45, 2.75) is 6.54 Å². The van der Waals surface area contributed by atoms with E-state index in [1.807, 2.05) is 30.3 Å². The molecular weight excluding hydrogens is 393 g/mol. The summed E-state index contributed by atoms with van der Waals surface area (Å²) in [5, 5.41) is 0. The average molecular weight is 413 g/mol. The minimum Gasteiger partial charge on any atom is -0.439 e. The van der Waals surface area contributed by atoms with Crippen molar-refractivity contribution in [2.75, 3.05) is 7.05 Å². The molecule has 31 heavy (non-hydrogen) atoms. The van der Waals surface area contributed by atoms with Crippen molar-refractivity contribution in [3.8, 4) is 22.9 Å². The van der Waals surface area contributed by atoms with Gasteiger partial charge < -0.3 is 9.64 Å². The number of aromatic nitrogens is 2. The molecule has 154 valence electrons. The molecular formula is C25H20FN3O2. The molecule has 0 unspecified atom stereocenters. The molecule has 0 saturated heterocycles. The van der Waals surface area contributed by atoms with Gasteiger partial charge in [-0.2, -0.15) is 0 Å². The molecule has 6 heteroatoms. The number of halogens is 1. The van der Waals surface area contributed by atoms with E-state index in [0.717, 1.165) is 5.56 Å². The van der Waals surface area contributed by atoms with Crippen LogP contribution in [0.4, 0.5) is 4.39 Å². The summed E-state index contributed by atoms with van der Waals surface area (Å²) in [4.78, 5) is 22.8. The fourth-order valence-electron chi connectivity index (χ4n) is 3.16. The average Bonchev–Trinajstić information content (AvgIpc) is 2.79. The van der Waals surface area contributed by atoms with Gasteiger partial charge in [0.15, 0.2) is 0 Å². The van der Waals surface area contributed by atoms with Gasteiger partial charge in [-0.1, -0.05) is 48.5 Å². The lowest BCUT2D eigenvalue weighted by atomic mass is 10.1. The fraction of sp³-hybridized carbons (Fsp3) is 0.0800. The molecule has 3 aromatic carbocycles. The van der Waals surface area contributed by atoms with Gasteiger partial charge in [0.25, 0.3) is 5.91 Å². The quantitative estimate of drug-likeness (QED) is 0.428. The van der Waals surface area contributed by atoms with E-state index in [4.69, 9.17) is 4.74 Å². The van der Waals surface area contributed by atoms with Crippen molar-refractivity contribution in [2.24, 2.45) is 0 Å². The lowest BCUT2D eigenvalue weighted by Gasteiger charge is -2.17. The number of hydrogen-bond donors (Lipinski definition) is 0. The van der Waals surface area contributed by atoms with Crippen molar-refractivity contribution in [1.29, 1.82) is 0 Å². The van der Waals surface area contributed by atoms with Crippen LogP contribution in [0.15, 0.2) is 91.3 Å². The molecule has 0 radical (unpaired) electrons. The van der Waals surface area contributed by atoms with Crippen LogP contribution in [-0.4, -0.2) is 27.8 Å². The SMILES string of the molecule is CN(Cc1ccccc1)C(=O)c1cccc(Oc2cc(-c3cccc(F)c3)ncn2)c1. The van der Waals surface area contributed by atoms with Gasteiger partial charge in [-0.05, 0) is 35.9 Å². The first-order chi connectivity index (χ1) is 15.1. The summed E-state index contributed by atoms with van der Waals surface area (Å²) in [5.74, 6) is 0.321. The summed E-state index contributed by atoms with van der Waals surface area (Å²) in [6, 6.07) is 24.5. The number of rotatable bonds is 6. The molecule has 0 saturated carbocycles. The highest BCUT2D eigenvalue weighted by Gasteiger charge is 2.13. The minimum atomic E-state index is -0.343. The van der Waals surface area contributed by atoms with Crippen molar-refractivity contribution < 1.29 is 13.9 Å². The van der Waals surface area contributed by atoms with E-state index >= 15 is 0 Å². The zero-order valence-corrected chi connectivity index (χ0v) is 16.9. The summed E-state index contributed by atoms with van der Waals surface area (Å²) >= 11 is 0. The van der Waals surface area contributed by atoms with Crippen molar-refractivity contribution in [1.82, 2.24) is 14.9 Å². The maximum atomic E-state index is 13.5. The monoisotopic (exact) mass is 413 g/mol. The number of ether oxygens (including phenoxy) is 1. The molecule has 0 aliphatic rings. The Morgan fingerprint density at radius 2 is 1.74 bits per heavy atom. The smallest absolute Gasteiger partial charge is 0.254 e. The van der Waals surface area contributed by atoms with Crippen LogP contribution in [0.5, 0.6) is 11.6 Å². The van der Waals surface area contributed by atoms with Crippen molar-refractivity contribution in [3.05, 3.63) is 108 Å². The Kier molecular flexibility index (Phi) is 5.98. The molecule has 0 aliphatic heterocycles. The Bertz CT molecular complexity index is 1200. The summed E-state index contributed by atoms with van der Waals surface area (Å²) in [7, 11) is 1.76. The molecule has 0 spiro atoms. The molecule has 0 N–H and O–H groups in total. The zero-order valence-electron chi connectivity index (χ0n) is 16.9. The number of carbonyl (C=O) groups is 1. The predicted molar refractivity (Wildman–Crippen MR) is 116 cm³/mol. The van der Waals surface area contributed by atoms with Crippen LogP contribution in [0.2, 0.25) is 0 Å². The van der Waals surface area contributed by atoms with Gasteiger partial charge in [0.2, 0.25) is 5.88 Å². The van der Waals surface area contributed by atoms with Crippen LogP contribution in [0, 0.1) is 5.82 Å². The molecule has 1 heterocycles. The Morgan fingerprint density at radius 1 is 0.935 bits per heavy atom. The third-order valence-electron chi connectivity index (χ3n) is 4.68. The second kappa shape index (κ2) is 9.17. The Hall–Kier alpha value is -4.06. The number of amides is 1. The van der Waals surface area contributed by atoms with E-state index in [9.17, 15) is 9.18 Å². The largest absolute Gasteiger partial charge is 0.439 e. The van der Waals surface area contributed by atoms with Crippen molar-refractivity contribution >= 4 is 5.91 Å². The van der Waals surface area contributed by atoms with E-state index < -0.39 is 0 Å². The second-order valence-corrected chi connectivity index (χ2v) is 7.03. The van der Waals surface area contributed by atoms with Gasteiger partial charge >= 0.3 is 0 Å². The Morgan fingerprint density at radius 3 is 2.55 bits per heavy atom. The van der Waals surface area contributed by atoms with Gasteiger partial charge in [0.1, 0.15) is 17.9 Å². The third kappa shape index (κ3) is 5.11. The predicted octanol–water partition coefficient (Wildman–Crippen LogP) is 5.35. The molecule has 0 atom stereocenters. The van der Waals surface area contributed by atoms with E-state index in [0.29, 0.717) is 35.0 Å². The van der Waals surface area contributed by atoms with Crippen LogP contribution in [-0.2, 0) is 6.54 Å².